The fourth-order valence-electron chi connectivity index (χ4n) is 8.92. The molecule has 0 aliphatic rings. The molecule has 0 rings (SSSR count). The maximum absolute atomic E-state index is 12.9. The molecule has 1 N–H and O–H groups in total. The highest BCUT2D eigenvalue weighted by molar-refractivity contribution is 7.47. The fraction of sp³-hybridized carbons (Fsp3) is 0.739. The Morgan fingerprint density at radius 2 is 0.722 bits per heavy atom. The van der Waals surface area contributed by atoms with E-state index in [0.29, 0.717) is 17.4 Å². The number of phosphoric ester groups is 1. The number of nitrogens with zero attached hydrogens (tertiary/aromatic N) is 1. The minimum Gasteiger partial charge on any atom is -0.462 e. The van der Waals surface area contributed by atoms with Crippen LogP contribution in [0.4, 0.5) is 0 Å². The van der Waals surface area contributed by atoms with Crippen LogP contribution in [0, 0.1) is 0 Å². The van der Waals surface area contributed by atoms with Crippen molar-refractivity contribution in [3.63, 3.8) is 0 Å². The zero-order chi connectivity index (χ0) is 57.7. The number of carbonyl (C=O) groups excluding carboxylic acids is 2. The molecule has 0 fully saturated rings. The Morgan fingerprint density at radius 1 is 0.405 bits per heavy atom. The molecule has 0 aliphatic heterocycles. The Kier molecular flexibility index (Phi) is 57.2. The summed E-state index contributed by atoms with van der Waals surface area (Å²) >= 11 is 0. The average Bonchev–Trinajstić information content (AvgIpc) is 3.41. The Bertz CT molecular complexity index is 1650. The van der Waals surface area contributed by atoms with Gasteiger partial charge in [-0.3, -0.25) is 18.6 Å². The van der Waals surface area contributed by atoms with E-state index in [1.807, 2.05) is 21.1 Å². The number of rotatable bonds is 59. The smallest absolute Gasteiger partial charge is 0.462 e. The molecular weight excluding hydrogens is 1000 g/mol. The van der Waals surface area contributed by atoms with Gasteiger partial charge in [-0.15, -0.1) is 0 Å². The molecule has 0 saturated carbocycles. The van der Waals surface area contributed by atoms with Gasteiger partial charge in [0, 0.05) is 12.8 Å². The number of carbonyl (C=O) groups is 2. The number of phosphoric acid groups is 1. The van der Waals surface area contributed by atoms with Crippen LogP contribution in [-0.4, -0.2) is 74.9 Å². The first-order chi connectivity index (χ1) is 38.5. The highest BCUT2D eigenvalue weighted by Crippen LogP contribution is 2.43. The Balaban J connectivity index is 4.14. The van der Waals surface area contributed by atoms with Gasteiger partial charge < -0.3 is 18.9 Å². The summed E-state index contributed by atoms with van der Waals surface area (Å²) in [5, 5.41) is 0. The monoisotopic (exact) mass is 1120 g/mol. The number of esters is 2. The van der Waals surface area contributed by atoms with E-state index in [-0.39, 0.29) is 32.0 Å². The molecule has 0 bridgehead atoms. The standard InChI is InChI=1S/C69H122NO8P/c1-6-8-10-12-14-16-18-20-22-24-26-28-30-31-32-33-34-35-36-37-38-39-40-42-44-46-48-50-52-54-56-58-60-62-69(72)78-67(66-77-79(73,74)76-64-63-70(3,4)5)65-75-68(71)61-59-57-55-53-51-49-47-45-43-41-29-27-25-23-21-19-17-15-13-11-9-7-2/h8,10,14,16,20,22,26,28,31-32,34-35,37-38,40,42,67H,6-7,9,11-13,15,17-19,21,23-25,27,29-30,33,36,39,41,43-66H2,1-5H3/p+1/b10-8-,16-14-,22-20-,28-26-,32-31-,35-34-,38-37-,42-40-. The Hall–Kier alpha value is -3.07. The van der Waals surface area contributed by atoms with Gasteiger partial charge in [0.2, 0.25) is 0 Å². The topological polar surface area (TPSA) is 108 Å². The van der Waals surface area contributed by atoms with Gasteiger partial charge in [0.15, 0.2) is 6.10 Å². The third-order valence-corrected chi connectivity index (χ3v) is 14.9. The molecule has 0 spiro atoms. The summed E-state index contributed by atoms with van der Waals surface area (Å²) in [6.45, 7) is 4.34. The van der Waals surface area contributed by atoms with Crippen molar-refractivity contribution in [2.75, 3.05) is 47.5 Å². The lowest BCUT2D eigenvalue weighted by Crippen LogP contribution is -2.37. The fourth-order valence-corrected chi connectivity index (χ4v) is 9.66. The van der Waals surface area contributed by atoms with Gasteiger partial charge in [-0.25, -0.2) is 4.57 Å². The lowest BCUT2D eigenvalue weighted by Gasteiger charge is -2.24. The van der Waals surface area contributed by atoms with Crippen LogP contribution in [0.1, 0.15) is 277 Å². The van der Waals surface area contributed by atoms with Crippen molar-refractivity contribution in [2.45, 2.75) is 283 Å². The molecule has 9 nitrogen and oxygen atoms in total. The molecule has 0 heterocycles. The van der Waals surface area contributed by atoms with Crippen molar-refractivity contribution in [1.29, 1.82) is 0 Å². The highest BCUT2D eigenvalue weighted by atomic mass is 31.2. The van der Waals surface area contributed by atoms with E-state index in [4.69, 9.17) is 18.5 Å². The second kappa shape index (κ2) is 59.5. The maximum Gasteiger partial charge on any atom is 0.472 e. The minimum absolute atomic E-state index is 0.0271. The van der Waals surface area contributed by atoms with Gasteiger partial charge in [-0.05, 0) is 77.0 Å². The van der Waals surface area contributed by atoms with Gasteiger partial charge in [0.05, 0.1) is 27.7 Å². The molecule has 10 heteroatoms. The van der Waals surface area contributed by atoms with Crippen LogP contribution in [0.2, 0.25) is 0 Å². The van der Waals surface area contributed by atoms with Gasteiger partial charge in [0.1, 0.15) is 19.8 Å². The molecule has 0 amide bonds. The summed E-state index contributed by atoms with van der Waals surface area (Å²) in [7, 11) is 1.47. The summed E-state index contributed by atoms with van der Waals surface area (Å²) < 4.78 is 34.7. The largest absolute Gasteiger partial charge is 0.472 e. The second-order valence-electron chi connectivity index (χ2n) is 22.8. The van der Waals surface area contributed by atoms with Crippen molar-refractivity contribution < 1.29 is 42.1 Å². The summed E-state index contributed by atoms with van der Waals surface area (Å²) in [6, 6.07) is 0. The second-order valence-corrected chi connectivity index (χ2v) is 24.2. The van der Waals surface area contributed by atoms with Crippen LogP contribution < -0.4 is 0 Å². The molecule has 0 aliphatic carbocycles. The number of ether oxygens (including phenoxy) is 2. The molecule has 0 aromatic heterocycles. The molecule has 2 unspecified atom stereocenters. The van der Waals surface area contributed by atoms with Gasteiger partial charge >= 0.3 is 19.8 Å². The van der Waals surface area contributed by atoms with Gasteiger partial charge in [0.25, 0.3) is 0 Å². The quantitative estimate of drug-likeness (QED) is 0.0211. The number of hydrogen-bond donors (Lipinski definition) is 1. The first-order valence-electron chi connectivity index (χ1n) is 32.5. The maximum atomic E-state index is 12.9. The lowest BCUT2D eigenvalue weighted by atomic mass is 10.0. The van der Waals surface area contributed by atoms with E-state index >= 15 is 0 Å². The van der Waals surface area contributed by atoms with Crippen molar-refractivity contribution in [3.8, 4) is 0 Å². The number of hydrogen-bond acceptors (Lipinski definition) is 7. The summed E-state index contributed by atoms with van der Waals surface area (Å²) in [4.78, 5) is 35.8. The number of unbranched alkanes of at least 4 members (excludes halogenated alkanes) is 29. The third kappa shape index (κ3) is 64.0. The van der Waals surface area contributed by atoms with Crippen LogP contribution >= 0.6 is 7.82 Å². The zero-order valence-corrected chi connectivity index (χ0v) is 52.7. The highest BCUT2D eigenvalue weighted by Gasteiger charge is 2.27. The van der Waals surface area contributed by atoms with Crippen molar-refractivity contribution >= 4 is 19.8 Å². The normalized spacial score (nSPS) is 13.8. The molecule has 456 valence electrons. The summed E-state index contributed by atoms with van der Waals surface area (Å²) in [5.74, 6) is -0.801. The average molecular weight is 1130 g/mol. The van der Waals surface area contributed by atoms with Gasteiger partial charge in [-0.2, -0.15) is 0 Å². The number of quaternary nitrogens is 1. The van der Waals surface area contributed by atoms with Gasteiger partial charge in [-0.1, -0.05) is 284 Å². The zero-order valence-electron chi connectivity index (χ0n) is 51.8. The molecular formula is C69H123NO8P+. The first kappa shape index (κ1) is 75.9. The van der Waals surface area contributed by atoms with Crippen LogP contribution in [-0.2, 0) is 32.7 Å². The predicted molar refractivity (Wildman–Crippen MR) is 339 cm³/mol. The van der Waals surface area contributed by atoms with Crippen LogP contribution in [0.5, 0.6) is 0 Å². The molecule has 0 saturated heterocycles. The van der Waals surface area contributed by atoms with Crippen LogP contribution in [0.25, 0.3) is 0 Å². The van der Waals surface area contributed by atoms with E-state index < -0.39 is 26.5 Å². The summed E-state index contributed by atoms with van der Waals surface area (Å²) in [5.41, 5.74) is 0. The van der Waals surface area contributed by atoms with E-state index in [0.717, 1.165) is 96.3 Å². The molecule has 0 aromatic rings. The predicted octanol–water partition coefficient (Wildman–Crippen LogP) is 20.8. The number of allylic oxidation sites excluding steroid dienone is 16. The Morgan fingerprint density at radius 3 is 1.08 bits per heavy atom. The van der Waals surface area contributed by atoms with Crippen molar-refractivity contribution in [2.24, 2.45) is 0 Å². The van der Waals surface area contributed by atoms with Crippen molar-refractivity contribution in [3.05, 3.63) is 97.2 Å². The van der Waals surface area contributed by atoms with E-state index in [9.17, 15) is 19.0 Å². The van der Waals surface area contributed by atoms with E-state index in [2.05, 4.69) is 111 Å². The van der Waals surface area contributed by atoms with E-state index in [1.165, 1.54) is 148 Å². The van der Waals surface area contributed by atoms with E-state index in [1.54, 1.807) is 0 Å². The minimum atomic E-state index is -4.40. The Labute approximate surface area is 487 Å². The molecule has 2 atom stereocenters. The molecule has 0 aromatic carbocycles. The lowest BCUT2D eigenvalue weighted by molar-refractivity contribution is -0.870. The molecule has 79 heavy (non-hydrogen) atoms. The van der Waals surface area contributed by atoms with Crippen LogP contribution in [0.15, 0.2) is 97.2 Å². The number of likely N-dealkylation sites (N-methyl/N-ethyl adjacent to an activating group) is 1. The SMILES string of the molecule is CC/C=C\C/C=C\C/C=C\C/C=C\C/C=C\C/C=C\C/C=C\C/C=C\CCCCCCCCCCC(=O)OC(COC(=O)CCCCCCCCCCCCCCCCCCCCCCCC)COP(=O)(O)OCC[N+](C)(C)C. The third-order valence-electron chi connectivity index (χ3n) is 13.9. The molecule has 0 radical (unpaired) electrons. The summed E-state index contributed by atoms with van der Waals surface area (Å²) in [6.07, 6.45) is 82.0. The van der Waals surface area contributed by atoms with Crippen LogP contribution in [0.3, 0.4) is 0 Å². The van der Waals surface area contributed by atoms with Crippen molar-refractivity contribution in [1.82, 2.24) is 0 Å². The first-order valence-corrected chi connectivity index (χ1v) is 34.0.